The SMILES string of the molecule is CN(CCCNC(=O)CN)Cc1ccc(Cl)c(Cl)c1.Cl. The van der Waals surface area contributed by atoms with Gasteiger partial charge >= 0.3 is 0 Å². The summed E-state index contributed by atoms with van der Waals surface area (Å²) in [7, 11) is 2.02. The molecule has 1 amide bonds. The minimum atomic E-state index is -0.118. The van der Waals surface area contributed by atoms with E-state index in [2.05, 4.69) is 10.2 Å². The minimum absolute atomic E-state index is 0. The second-order valence-corrected chi connectivity index (χ2v) is 5.21. The van der Waals surface area contributed by atoms with Crippen molar-refractivity contribution in [2.24, 2.45) is 5.73 Å². The third-order valence-electron chi connectivity index (χ3n) is 2.66. The lowest BCUT2D eigenvalue weighted by molar-refractivity contribution is -0.119. The summed E-state index contributed by atoms with van der Waals surface area (Å²) in [6.45, 7) is 2.35. The smallest absolute Gasteiger partial charge is 0.233 e. The summed E-state index contributed by atoms with van der Waals surface area (Å²) < 4.78 is 0. The van der Waals surface area contributed by atoms with E-state index < -0.39 is 0 Å². The summed E-state index contributed by atoms with van der Waals surface area (Å²) in [6, 6.07) is 5.63. The monoisotopic (exact) mass is 339 g/mol. The second kappa shape index (κ2) is 10.2. The Morgan fingerprint density at radius 1 is 1.35 bits per heavy atom. The molecule has 0 radical (unpaired) electrons. The lowest BCUT2D eigenvalue weighted by atomic mass is 10.2. The maximum absolute atomic E-state index is 10.9. The quantitative estimate of drug-likeness (QED) is 0.749. The molecule has 0 saturated carbocycles. The van der Waals surface area contributed by atoms with E-state index in [0.29, 0.717) is 16.6 Å². The van der Waals surface area contributed by atoms with Gasteiger partial charge in [0.05, 0.1) is 16.6 Å². The van der Waals surface area contributed by atoms with E-state index in [-0.39, 0.29) is 24.9 Å². The molecule has 0 aromatic heterocycles. The van der Waals surface area contributed by atoms with Crippen LogP contribution in [0.1, 0.15) is 12.0 Å². The van der Waals surface area contributed by atoms with Crippen molar-refractivity contribution in [2.75, 3.05) is 26.7 Å². The van der Waals surface area contributed by atoms with E-state index in [0.717, 1.165) is 25.1 Å². The van der Waals surface area contributed by atoms with Gasteiger partial charge in [0, 0.05) is 13.1 Å². The van der Waals surface area contributed by atoms with Crippen molar-refractivity contribution in [1.29, 1.82) is 0 Å². The number of nitrogens with two attached hydrogens (primary N) is 1. The first-order valence-corrected chi connectivity index (χ1v) is 6.87. The van der Waals surface area contributed by atoms with Crippen molar-refractivity contribution in [3.05, 3.63) is 33.8 Å². The van der Waals surface area contributed by atoms with Gasteiger partial charge in [0.25, 0.3) is 0 Å². The van der Waals surface area contributed by atoms with E-state index in [1.165, 1.54) is 0 Å². The number of benzene rings is 1. The maximum Gasteiger partial charge on any atom is 0.233 e. The highest BCUT2D eigenvalue weighted by Gasteiger charge is 2.04. The van der Waals surface area contributed by atoms with Crippen molar-refractivity contribution in [3.63, 3.8) is 0 Å². The molecule has 0 bridgehead atoms. The molecular formula is C13H20Cl3N3O. The Hall–Kier alpha value is -0.520. The number of nitrogens with zero attached hydrogens (tertiary/aromatic N) is 1. The first-order chi connectivity index (χ1) is 9.02. The normalized spacial score (nSPS) is 10.2. The van der Waals surface area contributed by atoms with Gasteiger partial charge in [-0.1, -0.05) is 29.3 Å². The van der Waals surface area contributed by atoms with Crippen molar-refractivity contribution < 1.29 is 4.79 Å². The molecule has 0 heterocycles. The van der Waals surface area contributed by atoms with E-state index >= 15 is 0 Å². The van der Waals surface area contributed by atoms with Crippen LogP contribution in [0.5, 0.6) is 0 Å². The lowest BCUT2D eigenvalue weighted by Gasteiger charge is -2.17. The highest BCUT2D eigenvalue weighted by atomic mass is 35.5. The summed E-state index contributed by atoms with van der Waals surface area (Å²) in [4.78, 5) is 13.1. The van der Waals surface area contributed by atoms with Crippen LogP contribution in [0, 0.1) is 0 Å². The summed E-state index contributed by atoms with van der Waals surface area (Å²) in [5.41, 5.74) is 6.31. The van der Waals surface area contributed by atoms with Crippen molar-refractivity contribution in [1.82, 2.24) is 10.2 Å². The number of halogens is 3. The van der Waals surface area contributed by atoms with Gasteiger partial charge in [0.1, 0.15) is 0 Å². The highest BCUT2D eigenvalue weighted by Crippen LogP contribution is 2.23. The standard InChI is InChI=1S/C13H19Cl2N3O.ClH/c1-18(6-2-5-17-13(19)8-16)9-10-3-4-11(14)12(15)7-10;/h3-4,7H,2,5-6,8-9,16H2,1H3,(H,17,19);1H. The van der Waals surface area contributed by atoms with Crippen LogP contribution in [0.15, 0.2) is 18.2 Å². The summed E-state index contributed by atoms with van der Waals surface area (Å²) in [5, 5.41) is 3.88. The number of carbonyl (C=O) groups is 1. The predicted octanol–water partition coefficient (Wildman–Crippen LogP) is 2.31. The van der Waals surface area contributed by atoms with Crippen LogP contribution in [0.3, 0.4) is 0 Å². The van der Waals surface area contributed by atoms with Crippen LogP contribution >= 0.6 is 35.6 Å². The van der Waals surface area contributed by atoms with Crippen LogP contribution in [0.2, 0.25) is 10.0 Å². The zero-order chi connectivity index (χ0) is 14.3. The van der Waals surface area contributed by atoms with Gasteiger partial charge in [0.15, 0.2) is 0 Å². The molecule has 1 aromatic rings. The molecule has 0 saturated heterocycles. The first-order valence-electron chi connectivity index (χ1n) is 6.12. The molecule has 0 spiro atoms. The van der Waals surface area contributed by atoms with Gasteiger partial charge in [-0.25, -0.2) is 0 Å². The fraction of sp³-hybridized carbons (Fsp3) is 0.462. The number of carbonyl (C=O) groups excluding carboxylic acids is 1. The van der Waals surface area contributed by atoms with Gasteiger partial charge in [-0.15, -0.1) is 12.4 Å². The molecule has 0 aliphatic heterocycles. The molecule has 0 fully saturated rings. The number of rotatable bonds is 7. The molecule has 0 aliphatic carbocycles. The predicted molar refractivity (Wildman–Crippen MR) is 86.7 cm³/mol. The third kappa shape index (κ3) is 7.31. The van der Waals surface area contributed by atoms with Crippen molar-refractivity contribution in [3.8, 4) is 0 Å². The Kier molecular flexibility index (Phi) is 9.98. The molecule has 20 heavy (non-hydrogen) atoms. The molecule has 3 N–H and O–H groups in total. The zero-order valence-corrected chi connectivity index (χ0v) is 13.7. The van der Waals surface area contributed by atoms with Crippen LogP contribution < -0.4 is 11.1 Å². The molecule has 114 valence electrons. The van der Waals surface area contributed by atoms with Gasteiger partial charge < -0.3 is 16.0 Å². The zero-order valence-electron chi connectivity index (χ0n) is 11.4. The summed E-state index contributed by atoms with van der Waals surface area (Å²) in [5.74, 6) is -0.118. The Bertz CT molecular complexity index is 429. The van der Waals surface area contributed by atoms with Crippen LogP contribution in [0.25, 0.3) is 0 Å². The molecule has 1 aromatic carbocycles. The Morgan fingerprint density at radius 2 is 2.05 bits per heavy atom. The fourth-order valence-corrected chi connectivity index (χ4v) is 2.00. The lowest BCUT2D eigenvalue weighted by Crippen LogP contribution is -2.32. The Morgan fingerprint density at radius 3 is 2.65 bits per heavy atom. The molecule has 0 aliphatic rings. The van der Waals surface area contributed by atoms with E-state index in [1.54, 1.807) is 6.07 Å². The Labute approximate surface area is 136 Å². The molecule has 0 atom stereocenters. The topological polar surface area (TPSA) is 58.4 Å². The van der Waals surface area contributed by atoms with E-state index in [4.69, 9.17) is 28.9 Å². The van der Waals surface area contributed by atoms with Crippen LogP contribution in [0.4, 0.5) is 0 Å². The molecule has 1 rings (SSSR count). The van der Waals surface area contributed by atoms with Crippen LogP contribution in [-0.2, 0) is 11.3 Å². The molecular weight excluding hydrogens is 321 g/mol. The Balaban J connectivity index is 0.00000361. The van der Waals surface area contributed by atoms with Crippen molar-refractivity contribution >= 4 is 41.5 Å². The van der Waals surface area contributed by atoms with Crippen molar-refractivity contribution in [2.45, 2.75) is 13.0 Å². The number of amides is 1. The number of hydrogen-bond donors (Lipinski definition) is 2. The average molecular weight is 341 g/mol. The van der Waals surface area contributed by atoms with Crippen LogP contribution in [-0.4, -0.2) is 37.5 Å². The summed E-state index contributed by atoms with van der Waals surface area (Å²) >= 11 is 11.8. The summed E-state index contributed by atoms with van der Waals surface area (Å²) in [6.07, 6.45) is 0.879. The van der Waals surface area contributed by atoms with Gasteiger partial charge in [-0.3, -0.25) is 4.79 Å². The first kappa shape index (κ1) is 19.5. The van der Waals surface area contributed by atoms with Gasteiger partial charge in [-0.2, -0.15) is 0 Å². The molecule has 4 nitrogen and oxygen atoms in total. The van der Waals surface area contributed by atoms with E-state index in [1.807, 2.05) is 19.2 Å². The van der Waals surface area contributed by atoms with E-state index in [9.17, 15) is 4.79 Å². The van der Waals surface area contributed by atoms with Gasteiger partial charge in [0.2, 0.25) is 5.91 Å². The third-order valence-corrected chi connectivity index (χ3v) is 3.40. The minimum Gasteiger partial charge on any atom is -0.355 e. The maximum atomic E-state index is 10.9. The molecule has 0 unspecified atom stereocenters. The second-order valence-electron chi connectivity index (χ2n) is 4.39. The van der Waals surface area contributed by atoms with Gasteiger partial charge in [-0.05, 0) is 37.7 Å². The number of nitrogens with one attached hydrogen (secondary N) is 1. The highest BCUT2D eigenvalue weighted by molar-refractivity contribution is 6.42. The number of hydrogen-bond acceptors (Lipinski definition) is 3. The molecule has 7 heteroatoms. The largest absolute Gasteiger partial charge is 0.355 e. The average Bonchev–Trinajstić information content (AvgIpc) is 2.38. The fourth-order valence-electron chi connectivity index (χ4n) is 1.68.